The van der Waals surface area contributed by atoms with E-state index in [1.165, 1.54) is 5.56 Å². The number of nitrogens with zero attached hydrogens (tertiary/aromatic N) is 1. The Morgan fingerprint density at radius 1 is 1.06 bits per heavy atom. The summed E-state index contributed by atoms with van der Waals surface area (Å²) in [5, 5.41) is 8.09. The molecule has 1 aliphatic rings. The lowest BCUT2D eigenvalue weighted by Gasteiger charge is -2.24. The molecule has 186 valence electrons. The highest BCUT2D eigenvalue weighted by Gasteiger charge is 2.35. The lowest BCUT2D eigenvalue weighted by atomic mass is 10.0. The van der Waals surface area contributed by atoms with Crippen molar-refractivity contribution in [1.29, 1.82) is 0 Å². The normalized spacial score (nSPS) is 17.8. The van der Waals surface area contributed by atoms with E-state index in [0.717, 1.165) is 19.6 Å². The number of hydrogen-bond donors (Lipinski definition) is 3. The Kier molecular flexibility index (Phi) is 10.2. The van der Waals surface area contributed by atoms with Gasteiger partial charge in [-0.15, -0.1) is 8.58 Å². The van der Waals surface area contributed by atoms with E-state index in [9.17, 15) is 24.0 Å². The van der Waals surface area contributed by atoms with E-state index in [4.69, 9.17) is 0 Å². The number of nitrogens with one attached hydrogen (secondary N) is 3. The van der Waals surface area contributed by atoms with Crippen molar-refractivity contribution < 1.29 is 24.0 Å². The van der Waals surface area contributed by atoms with Gasteiger partial charge in [0.15, 0.2) is 0 Å². The molecule has 0 radical (unpaired) electrons. The van der Waals surface area contributed by atoms with Gasteiger partial charge in [-0.3, -0.25) is 28.9 Å². The zero-order valence-electron chi connectivity index (χ0n) is 20.4. The van der Waals surface area contributed by atoms with Crippen LogP contribution in [0.2, 0.25) is 0 Å². The minimum Gasteiger partial charge on any atom is -0.344 e. The standard InChI is InChI=1S/C24H35N4O5P/c1-14(2)21(27-19(29)10-11-28-20(30)12-15(3)24(28)33)23(32)25-16(4)22(31)26-18-8-6-17(7-9-18)13-34-5/h6-9,14-16,21,34H,10-13H2,1-5H3,(H,25,32)(H,26,31)(H,27,29). The molecule has 34 heavy (non-hydrogen) atoms. The van der Waals surface area contributed by atoms with Gasteiger partial charge in [0, 0.05) is 31.0 Å². The number of likely N-dealkylation sites (tertiary alicyclic amines) is 1. The van der Waals surface area contributed by atoms with Gasteiger partial charge in [-0.1, -0.05) is 32.9 Å². The van der Waals surface area contributed by atoms with Gasteiger partial charge in [0.2, 0.25) is 29.5 Å². The van der Waals surface area contributed by atoms with Gasteiger partial charge >= 0.3 is 0 Å². The van der Waals surface area contributed by atoms with Crippen LogP contribution in [0.15, 0.2) is 24.3 Å². The molecule has 4 unspecified atom stereocenters. The van der Waals surface area contributed by atoms with E-state index in [0.29, 0.717) is 5.69 Å². The molecule has 0 spiro atoms. The number of anilines is 1. The van der Waals surface area contributed by atoms with Gasteiger partial charge in [0.25, 0.3) is 0 Å². The van der Waals surface area contributed by atoms with E-state index in [1.807, 2.05) is 24.3 Å². The molecule has 1 fully saturated rings. The highest BCUT2D eigenvalue weighted by atomic mass is 31.1. The van der Waals surface area contributed by atoms with Crippen LogP contribution in [0.5, 0.6) is 0 Å². The largest absolute Gasteiger partial charge is 0.344 e. The number of benzene rings is 1. The van der Waals surface area contributed by atoms with Gasteiger partial charge in [0.1, 0.15) is 12.1 Å². The van der Waals surface area contributed by atoms with Crippen molar-refractivity contribution in [3.63, 3.8) is 0 Å². The van der Waals surface area contributed by atoms with Crippen LogP contribution in [0.1, 0.15) is 46.1 Å². The molecule has 1 aromatic rings. The Balaban J connectivity index is 1.87. The number of carbonyl (C=O) groups excluding carboxylic acids is 5. The summed E-state index contributed by atoms with van der Waals surface area (Å²) in [5.74, 6) is -2.47. The maximum Gasteiger partial charge on any atom is 0.246 e. The van der Waals surface area contributed by atoms with Crippen molar-refractivity contribution in [1.82, 2.24) is 15.5 Å². The Morgan fingerprint density at radius 2 is 1.71 bits per heavy atom. The summed E-state index contributed by atoms with van der Waals surface area (Å²) in [6.07, 6.45) is 1.05. The van der Waals surface area contributed by atoms with Crippen LogP contribution in [0, 0.1) is 11.8 Å². The van der Waals surface area contributed by atoms with Crippen molar-refractivity contribution in [2.75, 3.05) is 18.5 Å². The topological polar surface area (TPSA) is 125 Å². The summed E-state index contributed by atoms with van der Waals surface area (Å²) in [6, 6.07) is 5.91. The van der Waals surface area contributed by atoms with Gasteiger partial charge in [0.05, 0.1) is 0 Å². The summed E-state index contributed by atoms with van der Waals surface area (Å²) in [7, 11) is 0.814. The van der Waals surface area contributed by atoms with Crippen LogP contribution in [0.4, 0.5) is 5.69 Å². The molecule has 4 atom stereocenters. The molecule has 9 nitrogen and oxygen atoms in total. The minimum atomic E-state index is -0.860. The van der Waals surface area contributed by atoms with Crippen molar-refractivity contribution >= 4 is 43.8 Å². The van der Waals surface area contributed by atoms with Crippen molar-refractivity contribution in [2.24, 2.45) is 11.8 Å². The first-order chi connectivity index (χ1) is 16.0. The average molecular weight is 491 g/mol. The molecule has 3 N–H and O–H groups in total. The molecule has 0 aromatic heterocycles. The van der Waals surface area contributed by atoms with Crippen molar-refractivity contribution in [3.05, 3.63) is 29.8 Å². The van der Waals surface area contributed by atoms with E-state index in [2.05, 4.69) is 22.6 Å². The molecular weight excluding hydrogens is 455 g/mol. The van der Waals surface area contributed by atoms with Gasteiger partial charge in [-0.05, 0) is 43.4 Å². The molecule has 1 heterocycles. The third-order valence-corrected chi connectivity index (χ3v) is 6.41. The van der Waals surface area contributed by atoms with Crippen molar-refractivity contribution in [2.45, 2.75) is 58.8 Å². The average Bonchev–Trinajstić information content (AvgIpc) is 3.02. The number of carbonyl (C=O) groups is 5. The molecule has 1 aromatic carbocycles. The summed E-state index contributed by atoms with van der Waals surface area (Å²) in [5.41, 5.74) is 1.84. The monoisotopic (exact) mass is 490 g/mol. The fraction of sp³-hybridized carbons (Fsp3) is 0.542. The van der Waals surface area contributed by atoms with Gasteiger partial charge < -0.3 is 16.0 Å². The number of imide groups is 1. The van der Waals surface area contributed by atoms with Crippen LogP contribution in [0.25, 0.3) is 0 Å². The Labute approximate surface area is 202 Å². The molecule has 1 saturated heterocycles. The molecular formula is C24H35N4O5P. The quantitative estimate of drug-likeness (QED) is 0.323. The number of rotatable bonds is 11. The Bertz CT molecular complexity index is 918. The third-order valence-electron chi connectivity index (χ3n) is 5.65. The predicted molar refractivity (Wildman–Crippen MR) is 133 cm³/mol. The lowest BCUT2D eigenvalue weighted by Crippen LogP contribution is -2.54. The number of amides is 5. The molecule has 0 aliphatic carbocycles. The smallest absolute Gasteiger partial charge is 0.246 e. The first kappa shape index (κ1) is 27.4. The fourth-order valence-corrected chi connectivity index (χ4v) is 4.25. The molecule has 2 rings (SSSR count). The second-order valence-corrected chi connectivity index (χ2v) is 10.0. The summed E-state index contributed by atoms with van der Waals surface area (Å²) in [4.78, 5) is 62.7. The molecule has 0 saturated carbocycles. The lowest BCUT2D eigenvalue weighted by molar-refractivity contribution is -0.140. The van der Waals surface area contributed by atoms with Crippen LogP contribution in [-0.4, -0.2) is 59.7 Å². The zero-order chi connectivity index (χ0) is 25.4. The molecule has 5 amide bonds. The van der Waals surface area contributed by atoms with Crippen LogP contribution in [-0.2, 0) is 30.1 Å². The minimum absolute atomic E-state index is 0.0173. The second kappa shape index (κ2) is 12.6. The van der Waals surface area contributed by atoms with E-state index in [1.54, 1.807) is 27.7 Å². The first-order valence-electron chi connectivity index (χ1n) is 11.5. The zero-order valence-corrected chi connectivity index (χ0v) is 21.4. The molecule has 0 bridgehead atoms. The van der Waals surface area contributed by atoms with E-state index in [-0.39, 0.29) is 48.9 Å². The second-order valence-electron chi connectivity index (χ2n) is 8.97. The van der Waals surface area contributed by atoms with Crippen LogP contribution in [0.3, 0.4) is 0 Å². The van der Waals surface area contributed by atoms with E-state index >= 15 is 0 Å². The number of hydrogen-bond acceptors (Lipinski definition) is 5. The summed E-state index contributed by atoms with van der Waals surface area (Å²) >= 11 is 0. The highest BCUT2D eigenvalue weighted by Crippen LogP contribution is 2.19. The summed E-state index contributed by atoms with van der Waals surface area (Å²) in [6.45, 7) is 8.93. The Hall–Kier alpha value is -2.80. The first-order valence-corrected chi connectivity index (χ1v) is 13.2. The predicted octanol–water partition coefficient (Wildman–Crippen LogP) is 1.86. The maximum atomic E-state index is 12.8. The van der Waals surface area contributed by atoms with Gasteiger partial charge in [-0.2, -0.15) is 0 Å². The Morgan fingerprint density at radius 3 is 2.24 bits per heavy atom. The molecule has 10 heteroatoms. The van der Waals surface area contributed by atoms with Gasteiger partial charge in [-0.25, -0.2) is 0 Å². The van der Waals surface area contributed by atoms with Crippen molar-refractivity contribution in [3.8, 4) is 0 Å². The summed E-state index contributed by atoms with van der Waals surface area (Å²) < 4.78 is 0. The maximum absolute atomic E-state index is 12.8. The molecule has 1 aliphatic heterocycles. The van der Waals surface area contributed by atoms with E-state index < -0.39 is 23.9 Å². The van der Waals surface area contributed by atoms with Crippen LogP contribution >= 0.6 is 8.58 Å². The third kappa shape index (κ3) is 7.62. The highest BCUT2D eigenvalue weighted by molar-refractivity contribution is 7.36. The fourth-order valence-electron chi connectivity index (χ4n) is 3.61. The van der Waals surface area contributed by atoms with Crippen LogP contribution < -0.4 is 16.0 Å². The SMILES string of the molecule is CPCc1ccc(NC(=O)C(C)NC(=O)C(NC(=O)CCN2C(=O)CC(C)C2=O)C(C)C)cc1.